The highest BCUT2D eigenvalue weighted by Gasteiger charge is 2.36. The first-order valence-corrected chi connectivity index (χ1v) is 8.07. The summed E-state index contributed by atoms with van der Waals surface area (Å²) in [5.74, 6) is -0.0508. The Kier molecular flexibility index (Phi) is 4.08. The lowest BCUT2D eigenvalue weighted by Crippen LogP contribution is -2.55. The van der Waals surface area contributed by atoms with Crippen LogP contribution in [-0.4, -0.2) is 41.0 Å². The van der Waals surface area contributed by atoms with Gasteiger partial charge in [-0.05, 0) is 60.8 Å². The van der Waals surface area contributed by atoms with Crippen LogP contribution in [0.5, 0.6) is 0 Å². The van der Waals surface area contributed by atoms with E-state index < -0.39 is 0 Å². The Hall–Kier alpha value is -0.940. The molecular weight excluding hydrogens is 318 g/mol. The van der Waals surface area contributed by atoms with Gasteiger partial charge in [-0.25, -0.2) is 4.98 Å². The number of fused-ring (bicyclic) bond motifs is 2. The van der Waals surface area contributed by atoms with E-state index in [1.165, 1.54) is 19.3 Å². The fraction of sp³-hybridized carbons (Fsp3) is 0.600. The van der Waals surface area contributed by atoms with E-state index >= 15 is 0 Å². The number of nitrogens with zero attached hydrogens (tertiary/aromatic N) is 2. The molecule has 108 valence electrons. The molecule has 2 bridgehead atoms. The topological polar surface area (TPSA) is 45.2 Å². The molecule has 1 aromatic heterocycles. The number of aromatic nitrogens is 1. The van der Waals surface area contributed by atoms with Crippen molar-refractivity contribution in [2.24, 2.45) is 0 Å². The zero-order chi connectivity index (χ0) is 14.1. The molecule has 0 saturated carbocycles. The van der Waals surface area contributed by atoms with Crippen molar-refractivity contribution in [2.45, 2.75) is 50.2 Å². The van der Waals surface area contributed by atoms with Crippen LogP contribution < -0.4 is 5.32 Å². The third kappa shape index (κ3) is 2.88. The van der Waals surface area contributed by atoms with Crippen LogP contribution in [0.15, 0.2) is 22.8 Å². The summed E-state index contributed by atoms with van der Waals surface area (Å²) >= 11 is 3.33. The maximum absolute atomic E-state index is 12.2. The molecule has 2 aliphatic rings. The second-order valence-electron chi connectivity index (χ2n) is 5.91. The monoisotopic (exact) mass is 337 g/mol. The van der Waals surface area contributed by atoms with E-state index in [4.69, 9.17) is 0 Å². The number of nitrogens with one attached hydrogen (secondary N) is 1. The minimum absolute atomic E-state index is 0.0508. The SMILES string of the molecule is CN1C2CCCC1CC(NC(=O)c1ccc(Br)cn1)C2. The van der Waals surface area contributed by atoms with Crippen molar-refractivity contribution >= 4 is 21.8 Å². The van der Waals surface area contributed by atoms with Crippen LogP contribution in [-0.2, 0) is 0 Å². The average molecular weight is 338 g/mol. The summed E-state index contributed by atoms with van der Waals surface area (Å²) < 4.78 is 0.892. The highest BCUT2D eigenvalue weighted by atomic mass is 79.9. The fourth-order valence-corrected chi connectivity index (χ4v) is 3.74. The van der Waals surface area contributed by atoms with Gasteiger partial charge in [0.25, 0.3) is 5.91 Å². The van der Waals surface area contributed by atoms with Crippen molar-refractivity contribution in [1.29, 1.82) is 0 Å². The van der Waals surface area contributed by atoms with E-state index in [-0.39, 0.29) is 5.91 Å². The molecule has 2 aliphatic heterocycles. The number of amides is 1. The zero-order valence-electron chi connectivity index (χ0n) is 11.7. The average Bonchev–Trinajstić information content (AvgIpc) is 2.40. The van der Waals surface area contributed by atoms with E-state index in [0.29, 0.717) is 23.8 Å². The first-order chi connectivity index (χ1) is 9.63. The molecular formula is C15H20BrN3O. The lowest BCUT2D eigenvalue weighted by molar-refractivity contribution is 0.0462. The van der Waals surface area contributed by atoms with Gasteiger partial charge in [-0.2, -0.15) is 0 Å². The zero-order valence-corrected chi connectivity index (χ0v) is 13.3. The summed E-state index contributed by atoms with van der Waals surface area (Å²) in [6, 6.07) is 5.16. The second-order valence-corrected chi connectivity index (χ2v) is 6.82. The number of halogens is 1. The van der Waals surface area contributed by atoms with E-state index in [1.807, 2.05) is 6.07 Å². The molecule has 2 unspecified atom stereocenters. The van der Waals surface area contributed by atoms with Gasteiger partial charge in [-0.3, -0.25) is 4.79 Å². The standard InChI is InChI=1S/C15H20BrN3O/c1-19-12-3-2-4-13(19)8-11(7-12)18-15(20)14-6-5-10(16)9-17-14/h5-6,9,11-13H,2-4,7-8H2,1H3,(H,18,20). The number of pyridine rings is 1. The summed E-state index contributed by atoms with van der Waals surface area (Å²) in [4.78, 5) is 18.9. The highest BCUT2D eigenvalue weighted by Crippen LogP contribution is 2.32. The van der Waals surface area contributed by atoms with Crippen molar-refractivity contribution in [3.05, 3.63) is 28.5 Å². The van der Waals surface area contributed by atoms with Gasteiger partial charge in [0.05, 0.1) is 0 Å². The highest BCUT2D eigenvalue weighted by molar-refractivity contribution is 9.10. The Labute approximate surface area is 128 Å². The van der Waals surface area contributed by atoms with Gasteiger partial charge in [-0.1, -0.05) is 6.42 Å². The second kappa shape index (κ2) is 5.82. The van der Waals surface area contributed by atoms with Gasteiger partial charge in [-0.15, -0.1) is 0 Å². The fourth-order valence-electron chi connectivity index (χ4n) is 3.50. The summed E-state index contributed by atoms with van der Waals surface area (Å²) in [5, 5.41) is 3.16. The number of hydrogen-bond acceptors (Lipinski definition) is 3. The predicted octanol–water partition coefficient (Wildman–Crippen LogP) is 2.59. The van der Waals surface area contributed by atoms with Gasteiger partial charge in [0.2, 0.25) is 0 Å². The maximum Gasteiger partial charge on any atom is 0.270 e. The number of carbonyl (C=O) groups is 1. The number of rotatable bonds is 2. The Morgan fingerprint density at radius 1 is 1.35 bits per heavy atom. The molecule has 20 heavy (non-hydrogen) atoms. The quantitative estimate of drug-likeness (QED) is 0.902. The van der Waals surface area contributed by atoms with E-state index in [9.17, 15) is 4.79 Å². The van der Waals surface area contributed by atoms with Gasteiger partial charge in [0.1, 0.15) is 5.69 Å². The molecule has 2 fully saturated rings. The number of piperidine rings is 2. The van der Waals surface area contributed by atoms with Crippen LogP contribution in [0.3, 0.4) is 0 Å². The Balaban J connectivity index is 1.63. The minimum atomic E-state index is -0.0508. The van der Waals surface area contributed by atoms with Crippen molar-refractivity contribution in [3.63, 3.8) is 0 Å². The molecule has 2 saturated heterocycles. The van der Waals surface area contributed by atoms with Crippen LogP contribution in [0.25, 0.3) is 0 Å². The molecule has 0 aliphatic carbocycles. The van der Waals surface area contributed by atoms with Crippen molar-refractivity contribution < 1.29 is 4.79 Å². The van der Waals surface area contributed by atoms with E-state index in [2.05, 4.69) is 38.2 Å². The Morgan fingerprint density at radius 3 is 2.65 bits per heavy atom. The normalized spacial score (nSPS) is 30.0. The molecule has 2 atom stereocenters. The molecule has 0 radical (unpaired) electrons. The van der Waals surface area contributed by atoms with Gasteiger partial charge in [0, 0.05) is 28.8 Å². The lowest BCUT2D eigenvalue weighted by Gasteiger charge is -2.47. The minimum Gasteiger partial charge on any atom is -0.348 e. The molecule has 4 nitrogen and oxygen atoms in total. The van der Waals surface area contributed by atoms with Crippen molar-refractivity contribution in [2.75, 3.05) is 7.05 Å². The van der Waals surface area contributed by atoms with Gasteiger partial charge >= 0.3 is 0 Å². The summed E-state index contributed by atoms with van der Waals surface area (Å²) in [6.45, 7) is 0. The lowest BCUT2D eigenvalue weighted by atomic mass is 9.82. The summed E-state index contributed by atoms with van der Waals surface area (Å²) in [5.41, 5.74) is 0.497. The summed E-state index contributed by atoms with van der Waals surface area (Å²) in [7, 11) is 2.23. The van der Waals surface area contributed by atoms with Gasteiger partial charge < -0.3 is 10.2 Å². The molecule has 5 heteroatoms. The molecule has 0 spiro atoms. The molecule has 3 rings (SSSR count). The van der Waals surface area contributed by atoms with Crippen LogP contribution in [0, 0.1) is 0 Å². The van der Waals surface area contributed by atoms with Crippen LogP contribution >= 0.6 is 15.9 Å². The number of carbonyl (C=O) groups excluding carboxylic acids is 1. The van der Waals surface area contributed by atoms with E-state index in [0.717, 1.165) is 17.3 Å². The third-order valence-corrected chi connectivity index (χ3v) is 5.10. The van der Waals surface area contributed by atoms with Crippen molar-refractivity contribution in [1.82, 2.24) is 15.2 Å². The molecule has 0 aromatic carbocycles. The Morgan fingerprint density at radius 2 is 2.05 bits per heavy atom. The summed E-state index contributed by atoms with van der Waals surface area (Å²) in [6.07, 6.45) is 7.64. The molecule has 1 N–H and O–H groups in total. The van der Waals surface area contributed by atoms with Crippen LogP contribution in [0.1, 0.15) is 42.6 Å². The first kappa shape index (κ1) is 14.0. The third-order valence-electron chi connectivity index (χ3n) is 4.64. The predicted molar refractivity (Wildman–Crippen MR) is 81.6 cm³/mol. The van der Waals surface area contributed by atoms with Crippen molar-refractivity contribution in [3.8, 4) is 0 Å². The molecule has 1 amide bonds. The van der Waals surface area contributed by atoms with Crippen LogP contribution in [0.2, 0.25) is 0 Å². The Bertz CT molecular complexity index is 476. The molecule has 1 aromatic rings. The largest absolute Gasteiger partial charge is 0.348 e. The van der Waals surface area contributed by atoms with Crippen LogP contribution in [0.4, 0.5) is 0 Å². The molecule has 3 heterocycles. The number of hydrogen-bond donors (Lipinski definition) is 1. The maximum atomic E-state index is 12.2. The van der Waals surface area contributed by atoms with Gasteiger partial charge in [0.15, 0.2) is 0 Å². The first-order valence-electron chi connectivity index (χ1n) is 7.28. The smallest absolute Gasteiger partial charge is 0.270 e. The van der Waals surface area contributed by atoms with E-state index in [1.54, 1.807) is 12.3 Å².